The maximum Gasteiger partial charge on any atom is 0.431 e. The highest BCUT2D eigenvalue weighted by molar-refractivity contribution is 6.30. The number of aromatic nitrogens is 1. The maximum absolute atomic E-state index is 13.2. The SMILES string of the molecule is O=C(O)c1c(-c2ccc(Cl)cc2)cc(C(F)(F)F)n1C1CC1. The first-order valence-corrected chi connectivity index (χ1v) is 6.98. The van der Waals surface area contributed by atoms with Crippen molar-refractivity contribution in [3.8, 4) is 11.1 Å². The van der Waals surface area contributed by atoms with Crippen LogP contribution in [0.4, 0.5) is 13.2 Å². The molecule has 1 heterocycles. The fraction of sp³-hybridized carbons (Fsp3) is 0.267. The van der Waals surface area contributed by atoms with E-state index in [2.05, 4.69) is 0 Å². The molecule has 1 aliphatic rings. The minimum absolute atomic E-state index is 0.0587. The number of alkyl halides is 3. The molecule has 3 rings (SSSR count). The highest BCUT2D eigenvalue weighted by Crippen LogP contribution is 2.45. The normalized spacial score (nSPS) is 15.1. The lowest BCUT2D eigenvalue weighted by Crippen LogP contribution is -2.16. The average molecular weight is 330 g/mol. The molecule has 1 fully saturated rings. The van der Waals surface area contributed by atoms with E-state index in [1.807, 2.05) is 0 Å². The zero-order valence-electron chi connectivity index (χ0n) is 11.2. The van der Waals surface area contributed by atoms with Gasteiger partial charge in [0.25, 0.3) is 0 Å². The number of nitrogens with zero attached hydrogens (tertiary/aromatic N) is 1. The number of carboxylic acid groups (broad SMARTS) is 1. The largest absolute Gasteiger partial charge is 0.477 e. The van der Waals surface area contributed by atoms with Crippen LogP contribution in [0.1, 0.15) is 35.1 Å². The summed E-state index contributed by atoms with van der Waals surface area (Å²) in [6.07, 6.45) is -3.49. The van der Waals surface area contributed by atoms with Crippen LogP contribution in [0.2, 0.25) is 5.02 Å². The standard InChI is InChI=1S/C15H11ClF3NO2/c16-9-3-1-8(2-4-9)11-7-12(15(17,18)19)20(10-5-6-10)13(11)14(21)22/h1-4,7,10H,5-6H2,(H,21,22). The lowest BCUT2D eigenvalue weighted by Gasteiger charge is -2.12. The van der Waals surface area contributed by atoms with Crippen LogP contribution < -0.4 is 0 Å². The Balaban J connectivity index is 2.25. The molecule has 22 heavy (non-hydrogen) atoms. The molecule has 0 unspecified atom stereocenters. The number of benzene rings is 1. The second kappa shape index (κ2) is 5.05. The number of hydrogen-bond donors (Lipinski definition) is 1. The van der Waals surface area contributed by atoms with Crippen molar-refractivity contribution in [1.82, 2.24) is 4.57 Å². The molecule has 0 radical (unpaired) electrons. The van der Waals surface area contributed by atoms with Gasteiger partial charge in [-0.15, -0.1) is 0 Å². The van der Waals surface area contributed by atoms with Gasteiger partial charge in [-0.2, -0.15) is 13.2 Å². The Morgan fingerprint density at radius 1 is 1.23 bits per heavy atom. The minimum atomic E-state index is -4.60. The van der Waals surface area contributed by atoms with E-state index in [9.17, 15) is 23.1 Å². The summed E-state index contributed by atoms with van der Waals surface area (Å²) in [7, 11) is 0. The molecule has 1 N–H and O–H groups in total. The summed E-state index contributed by atoms with van der Waals surface area (Å²) in [6.45, 7) is 0. The van der Waals surface area contributed by atoms with Crippen LogP contribution >= 0.6 is 11.6 Å². The molecule has 0 atom stereocenters. The van der Waals surface area contributed by atoms with E-state index in [4.69, 9.17) is 11.6 Å². The van der Waals surface area contributed by atoms with E-state index in [0.717, 1.165) is 10.6 Å². The van der Waals surface area contributed by atoms with Gasteiger partial charge in [-0.25, -0.2) is 4.79 Å². The van der Waals surface area contributed by atoms with Gasteiger partial charge in [0.1, 0.15) is 11.4 Å². The van der Waals surface area contributed by atoms with E-state index < -0.39 is 23.9 Å². The van der Waals surface area contributed by atoms with Crippen molar-refractivity contribution in [3.63, 3.8) is 0 Å². The number of carboxylic acids is 1. The summed E-state index contributed by atoms with van der Waals surface area (Å²) in [4.78, 5) is 11.5. The van der Waals surface area contributed by atoms with Crippen LogP contribution in [-0.2, 0) is 6.18 Å². The third-order valence-electron chi connectivity index (χ3n) is 3.60. The van der Waals surface area contributed by atoms with Gasteiger partial charge in [0.2, 0.25) is 0 Å². The molecule has 0 saturated heterocycles. The number of aromatic carboxylic acids is 1. The quantitative estimate of drug-likeness (QED) is 0.873. The van der Waals surface area contributed by atoms with Crippen molar-refractivity contribution >= 4 is 17.6 Å². The molecule has 1 aromatic carbocycles. The van der Waals surface area contributed by atoms with Gasteiger partial charge in [-0.1, -0.05) is 23.7 Å². The average Bonchev–Trinajstić information content (AvgIpc) is 3.17. The maximum atomic E-state index is 13.2. The number of carbonyl (C=O) groups is 1. The van der Waals surface area contributed by atoms with E-state index in [1.165, 1.54) is 24.3 Å². The van der Waals surface area contributed by atoms with Crippen molar-refractivity contribution in [2.75, 3.05) is 0 Å². The second-order valence-corrected chi connectivity index (χ2v) is 5.64. The van der Waals surface area contributed by atoms with Crippen LogP contribution in [-0.4, -0.2) is 15.6 Å². The smallest absolute Gasteiger partial charge is 0.431 e. The molecule has 1 aliphatic carbocycles. The number of hydrogen-bond acceptors (Lipinski definition) is 1. The molecule has 3 nitrogen and oxygen atoms in total. The Hall–Kier alpha value is -1.95. The number of halogens is 4. The predicted octanol–water partition coefficient (Wildman–Crippen LogP) is 4.86. The first kappa shape index (κ1) is 15.0. The monoisotopic (exact) mass is 329 g/mol. The predicted molar refractivity (Wildman–Crippen MR) is 75.1 cm³/mol. The lowest BCUT2D eigenvalue weighted by atomic mass is 10.1. The van der Waals surface area contributed by atoms with Gasteiger partial charge in [-0.05, 0) is 36.6 Å². The van der Waals surface area contributed by atoms with Crippen LogP contribution in [0.3, 0.4) is 0 Å². The van der Waals surface area contributed by atoms with Crippen molar-refractivity contribution in [2.24, 2.45) is 0 Å². The van der Waals surface area contributed by atoms with E-state index in [0.29, 0.717) is 23.4 Å². The topological polar surface area (TPSA) is 42.2 Å². The minimum Gasteiger partial charge on any atom is -0.477 e. The van der Waals surface area contributed by atoms with Crippen molar-refractivity contribution in [1.29, 1.82) is 0 Å². The van der Waals surface area contributed by atoms with Crippen molar-refractivity contribution < 1.29 is 23.1 Å². The van der Waals surface area contributed by atoms with Gasteiger partial charge < -0.3 is 9.67 Å². The second-order valence-electron chi connectivity index (χ2n) is 5.20. The molecular formula is C15H11ClF3NO2. The van der Waals surface area contributed by atoms with Gasteiger partial charge in [0, 0.05) is 16.6 Å². The summed E-state index contributed by atoms with van der Waals surface area (Å²) in [5.41, 5.74) is -0.787. The van der Waals surface area contributed by atoms with Gasteiger partial charge >= 0.3 is 12.1 Å². The van der Waals surface area contributed by atoms with Crippen LogP contribution in [0.15, 0.2) is 30.3 Å². The first-order chi connectivity index (χ1) is 10.3. The molecule has 0 amide bonds. The van der Waals surface area contributed by atoms with Crippen molar-refractivity contribution in [2.45, 2.75) is 25.1 Å². The third kappa shape index (κ3) is 2.59. The zero-order valence-corrected chi connectivity index (χ0v) is 11.9. The molecule has 0 aliphatic heterocycles. The Labute approximate surface area is 128 Å². The molecule has 1 aromatic heterocycles. The molecular weight excluding hydrogens is 319 g/mol. The van der Waals surface area contributed by atoms with Gasteiger partial charge in [0.05, 0.1) is 0 Å². The Kier molecular flexibility index (Phi) is 3.44. The van der Waals surface area contributed by atoms with Gasteiger partial charge in [-0.3, -0.25) is 0 Å². The summed E-state index contributed by atoms with van der Waals surface area (Å²) in [5.74, 6) is -1.37. The van der Waals surface area contributed by atoms with E-state index >= 15 is 0 Å². The van der Waals surface area contributed by atoms with Crippen LogP contribution in [0, 0.1) is 0 Å². The lowest BCUT2D eigenvalue weighted by molar-refractivity contribution is -0.143. The summed E-state index contributed by atoms with van der Waals surface area (Å²) in [5, 5.41) is 9.83. The van der Waals surface area contributed by atoms with Crippen molar-refractivity contribution in [3.05, 3.63) is 46.7 Å². The molecule has 0 bridgehead atoms. The van der Waals surface area contributed by atoms with Gasteiger partial charge in [0.15, 0.2) is 0 Å². The first-order valence-electron chi connectivity index (χ1n) is 6.60. The molecule has 7 heteroatoms. The number of rotatable bonds is 3. The van der Waals surface area contributed by atoms with Crippen LogP contribution in [0.25, 0.3) is 11.1 Å². The van der Waals surface area contributed by atoms with E-state index in [1.54, 1.807) is 0 Å². The summed E-state index contributed by atoms with van der Waals surface area (Å²) >= 11 is 5.77. The fourth-order valence-corrected chi connectivity index (χ4v) is 2.65. The zero-order chi connectivity index (χ0) is 16.1. The highest BCUT2D eigenvalue weighted by Gasteiger charge is 2.42. The summed E-state index contributed by atoms with van der Waals surface area (Å²) < 4.78 is 40.6. The molecule has 2 aromatic rings. The Morgan fingerprint density at radius 2 is 1.82 bits per heavy atom. The summed E-state index contributed by atoms with van der Waals surface area (Å²) in [6, 6.07) is 6.58. The third-order valence-corrected chi connectivity index (χ3v) is 3.85. The van der Waals surface area contributed by atoms with E-state index in [-0.39, 0.29) is 11.3 Å². The highest BCUT2D eigenvalue weighted by atomic mass is 35.5. The molecule has 0 spiro atoms. The van der Waals surface area contributed by atoms with Crippen LogP contribution in [0.5, 0.6) is 0 Å². The fourth-order valence-electron chi connectivity index (χ4n) is 2.52. The molecule has 116 valence electrons. The molecule has 1 saturated carbocycles. The Bertz CT molecular complexity index is 730. The Morgan fingerprint density at radius 3 is 2.27 bits per heavy atom.